The Balaban J connectivity index is 2.37. The van der Waals surface area contributed by atoms with Crippen molar-refractivity contribution in [3.8, 4) is 0 Å². The molecule has 0 aliphatic heterocycles. The van der Waals surface area contributed by atoms with Gasteiger partial charge < -0.3 is 0 Å². The maximum absolute atomic E-state index is 13.4. The lowest BCUT2D eigenvalue weighted by Gasteiger charge is -2.07. The minimum absolute atomic E-state index is 0.222. The molecule has 2 nitrogen and oxygen atoms in total. The van der Waals surface area contributed by atoms with E-state index in [0.29, 0.717) is 6.54 Å². The van der Waals surface area contributed by atoms with Gasteiger partial charge in [0, 0.05) is 4.47 Å². The predicted octanol–water partition coefficient (Wildman–Crippen LogP) is 4.56. The van der Waals surface area contributed by atoms with Crippen molar-refractivity contribution in [1.29, 1.82) is 0 Å². The van der Waals surface area contributed by atoms with Crippen LogP contribution in [0.5, 0.6) is 0 Å². The van der Waals surface area contributed by atoms with Crippen LogP contribution in [0.25, 0.3) is 0 Å². The number of benzene rings is 1. The van der Waals surface area contributed by atoms with E-state index in [4.69, 9.17) is 0 Å². The van der Waals surface area contributed by atoms with Crippen LogP contribution < -0.4 is 0 Å². The van der Waals surface area contributed by atoms with Crippen molar-refractivity contribution in [3.63, 3.8) is 0 Å². The number of hydrogen-bond donors (Lipinski definition) is 0. The highest BCUT2D eigenvalue weighted by atomic mass is 127. The second-order valence-corrected chi connectivity index (χ2v) is 6.34. The van der Waals surface area contributed by atoms with Gasteiger partial charge in [0.2, 0.25) is 0 Å². The molecule has 0 spiro atoms. The highest BCUT2D eigenvalue weighted by Gasteiger charge is 2.13. The smallest absolute Gasteiger partial charge is 0.124 e. The van der Waals surface area contributed by atoms with Crippen molar-refractivity contribution >= 4 is 38.5 Å². The lowest BCUT2D eigenvalue weighted by Crippen LogP contribution is -2.06. The number of aryl methyl sites for hydroxylation is 1. The Labute approximate surface area is 134 Å². The third kappa shape index (κ3) is 3.37. The molecule has 0 unspecified atom stereocenters. The molecule has 0 aliphatic rings. The summed E-state index contributed by atoms with van der Waals surface area (Å²) in [4.78, 5) is 0. The highest BCUT2D eigenvalue weighted by molar-refractivity contribution is 14.1. The van der Waals surface area contributed by atoms with Crippen molar-refractivity contribution < 1.29 is 4.39 Å². The first-order chi connectivity index (χ1) is 9.05. The lowest BCUT2D eigenvalue weighted by atomic mass is 10.2. The largest absolute Gasteiger partial charge is 0.264 e. The maximum Gasteiger partial charge on any atom is 0.124 e. The van der Waals surface area contributed by atoms with Gasteiger partial charge in [-0.2, -0.15) is 5.10 Å². The molecule has 2 rings (SSSR count). The summed E-state index contributed by atoms with van der Waals surface area (Å²) in [7, 11) is 0. The van der Waals surface area contributed by atoms with Gasteiger partial charge in [0.1, 0.15) is 5.82 Å². The minimum Gasteiger partial charge on any atom is -0.264 e. The fourth-order valence-corrected chi connectivity index (χ4v) is 3.76. The molecule has 19 heavy (non-hydrogen) atoms. The van der Waals surface area contributed by atoms with E-state index in [9.17, 15) is 4.39 Å². The Morgan fingerprint density at radius 3 is 2.58 bits per heavy atom. The van der Waals surface area contributed by atoms with Crippen LogP contribution in [-0.4, -0.2) is 9.78 Å². The van der Waals surface area contributed by atoms with E-state index in [2.05, 4.69) is 57.5 Å². The molecule has 0 radical (unpaired) electrons. The van der Waals surface area contributed by atoms with E-state index >= 15 is 0 Å². The Morgan fingerprint density at radius 2 is 2.00 bits per heavy atom. The summed E-state index contributed by atoms with van der Waals surface area (Å²) in [6.07, 6.45) is 1.85. The number of rotatable bonds is 4. The van der Waals surface area contributed by atoms with Gasteiger partial charge in [0.15, 0.2) is 0 Å². The molecule has 0 N–H and O–H groups in total. The molecule has 0 atom stereocenters. The average molecular weight is 437 g/mol. The molecule has 0 saturated carbocycles. The summed E-state index contributed by atoms with van der Waals surface area (Å²) >= 11 is 5.68. The zero-order valence-electron chi connectivity index (χ0n) is 10.9. The topological polar surface area (TPSA) is 17.8 Å². The number of aromatic nitrogens is 2. The Kier molecular flexibility index (Phi) is 5.00. The highest BCUT2D eigenvalue weighted by Crippen LogP contribution is 2.21. The zero-order chi connectivity index (χ0) is 14.0. The van der Waals surface area contributed by atoms with Crippen molar-refractivity contribution in [2.45, 2.75) is 33.2 Å². The Hall–Kier alpha value is -0.430. The molecule has 0 amide bonds. The molecule has 0 fully saturated rings. The second kappa shape index (κ2) is 6.35. The van der Waals surface area contributed by atoms with Gasteiger partial charge in [-0.1, -0.05) is 29.8 Å². The number of nitrogens with zero attached hydrogens (tertiary/aromatic N) is 2. The van der Waals surface area contributed by atoms with Gasteiger partial charge in [-0.3, -0.25) is 4.68 Å². The lowest BCUT2D eigenvalue weighted by molar-refractivity contribution is 0.610. The van der Waals surface area contributed by atoms with E-state index in [-0.39, 0.29) is 5.82 Å². The van der Waals surface area contributed by atoms with Gasteiger partial charge in [-0.25, -0.2) is 4.39 Å². The van der Waals surface area contributed by atoms with Gasteiger partial charge in [-0.15, -0.1) is 0 Å². The van der Waals surface area contributed by atoms with E-state index in [1.807, 2.05) is 10.7 Å². The monoisotopic (exact) mass is 436 g/mol. The van der Waals surface area contributed by atoms with Gasteiger partial charge in [-0.05, 0) is 59.2 Å². The Bertz CT molecular complexity index is 575. The summed E-state index contributed by atoms with van der Waals surface area (Å²) in [5.41, 5.74) is 3.26. The fraction of sp³-hybridized carbons (Fsp3) is 0.357. The molecule has 0 bridgehead atoms. The summed E-state index contributed by atoms with van der Waals surface area (Å²) in [6, 6.07) is 4.96. The van der Waals surface area contributed by atoms with Crippen LogP contribution in [0.1, 0.15) is 30.8 Å². The molecular weight excluding hydrogens is 422 g/mol. The molecule has 5 heteroatoms. The zero-order valence-corrected chi connectivity index (χ0v) is 14.6. The molecule has 102 valence electrons. The molecule has 0 aliphatic carbocycles. The van der Waals surface area contributed by atoms with E-state index in [0.717, 1.165) is 28.6 Å². The third-order valence-corrected chi connectivity index (χ3v) is 4.69. The van der Waals surface area contributed by atoms with Crippen LogP contribution in [0.4, 0.5) is 4.39 Å². The van der Waals surface area contributed by atoms with Gasteiger partial charge in [0.25, 0.3) is 0 Å². The van der Waals surface area contributed by atoms with Crippen LogP contribution in [0.15, 0.2) is 22.7 Å². The quantitative estimate of drug-likeness (QED) is 0.642. The van der Waals surface area contributed by atoms with Crippen molar-refractivity contribution in [2.75, 3.05) is 0 Å². The molecule has 0 saturated heterocycles. The first-order valence-corrected chi connectivity index (χ1v) is 8.11. The van der Waals surface area contributed by atoms with E-state index < -0.39 is 0 Å². The van der Waals surface area contributed by atoms with Crippen molar-refractivity contribution in [3.05, 3.63) is 49.0 Å². The molecular formula is C14H15BrFIN2. The SMILES string of the molecule is CCc1nn(Cc2cc(F)cc(Br)c2)c(CC)c1I. The number of hydrogen-bond acceptors (Lipinski definition) is 1. The van der Waals surface area contributed by atoms with Gasteiger partial charge in [0.05, 0.1) is 21.5 Å². The van der Waals surface area contributed by atoms with Crippen LogP contribution in [0.2, 0.25) is 0 Å². The average Bonchev–Trinajstić information content (AvgIpc) is 2.63. The third-order valence-electron chi connectivity index (χ3n) is 2.98. The molecule has 1 aromatic heterocycles. The van der Waals surface area contributed by atoms with E-state index in [1.165, 1.54) is 15.3 Å². The minimum atomic E-state index is -0.222. The van der Waals surface area contributed by atoms with E-state index in [1.54, 1.807) is 6.07 Å². The number of halogens is 3. The van der Waals surface area contributed by atoms with Crippen LogP contribution in [0.3, 0.4) is 0 Å². The fourth-order valence-electron chi connectivity index (χ4n) is 2.10. The first-order valence-electron chi connectivity index (χ1n) is 6.24. The predicted molar refractivity (Wildman–Crippen MR) is 86.9 cm³/mol. The standard InChI is InChI=1S/C14H15BrFIN2/c1-3-12-14(17)13(4-2)19(18-12)8-9-5-10(15)7-11(16)6-9/h5-7H,3-4,8H2,1-2H3. The summed E-state index contributed by atoms with van der Waals surface area (Å²) in [6.45, 7) is 4.83. The van der Waals surface area contributed by atoms with Crippen molar-refractivity contribution in [1.82, 2.24) is 9.78 Å². The molecule has 2 aromatic rings. The molecule has 1 heterocycles. The summed E-state index contributed by atoms with van der Waals surface area (Å²) < 4.78 is 17.4. The van der Waals surface area contributed by atoms with Crippen LogP contribution in [0, 0.1) is 9.39 Å². The maximum atomic E-state index is 13.4. The second-order valence-electron chi connectivity index (χ2n) is 4.35. The normalized spacial score (nSPS) is 11.0. The van der Waals surface area contributed by atoms with Crippen molar-refractivity contribution in [2.24, 2.45) is 0 Å². The Morgan fingerprint density at radius 1 is 1.26 bits per heavy atom. The molecule has 1 aromatic carbocycles. The summed E-state index contributed by atoms with van der Waals surface area (Å²) in [5.74, 6) is -0.222. The van der Waals surface area contributed by atoms with Gasteiger partial charge >= 0.3 is 0 Å². The summed E-state index contributed by atoms with van der Waals surface area (Å²) in [5, 5.41) is 4.63. The first kappa shape index (κ1) is 15.0. The van der Waals surface area contributed by atoms with Crippen LogP contribution in [-0.2, 0) is 19.4 Å². The van der Waals surface area contributed by atoms with Crippen LogP contribution >= 0.6 is 38.5 Å².